The van der Waals surface area contributed by atoms with Crippen molar-refractivity contribution in [3.05, 3.63) is 5.01 Å². The first-order valence-electron chi connectivity index (χ1n) is 7.02. The second kappa shape index (κ2) is 6.96. The van der Waals surface area contributed by atoms with Crippen LogP contribution in [0.1, 0.15) is 44.5 Å². The van der Waals surface area contributed by atoms with E-state index < -0.39 is 0 Å². The number of rotatable bonds is 4. The van der Waals surface area contributed by atoms with Gasteiger partial charge in [0.2, 0.25) is 11.0 Å². The summed E-state index contributed by atoms with van der Waals surface area (Å²) in [5.74, 6) is 0.578. The van der Waals surface area contributed by atoms with E-state index in [4.69, 9.17) is 0 Å². The van der Waals surface area contributed by atoms with Crippen LogP contribution in [0.3, 0.4) is 0 Å². The third-order valence-electron chi connectivity index (χ3n) is 3.16. The summed E-state index contributed by atoms with van der Waals surface area (Å²) in [5.41, 5.74) is 0. The normalized spacial score (nSPS) is 20.3. The molecule has 0 bridgehead atoms. The maximum absolute atomic E-state index is 12.1. The minimum atomic E-state index is -0.0834. The lowest BCUT2D eigenvalue weighted by molar-refractivity contribution is -0.118. The zero-order valence-electron chi connectivity index (χ0n) is 11.6. The number of hydrogen-bond acceptors (Lipinski definition) is 5. The van der Waals surface area contributed by atoms with E-state index in [9.17, 15) is 4.79 Å². The predicted octanol–water partition coefficient (Wildman–Crippen LogP) is 2.21. The zero-order chi connectivity index (χ0) is 13.7. The highest BCUT2D eigenvalue weighted by molar-refractivity contribution is 7.15. The van der Waals surface area contributed by atoms with E-state index >= 15 is 0 Å². The van der Waals surface area contributed by atoms with Gasteiger partial charge in [-0.3, -0.25) is 10.1 Å². The third kappa shape index (κ3) is 4.54. The van der Waals surface area contributed by atoms with Crippen LogP contribution in [0.4, 0.5) is 5.13 Å². The average Bonchev–Trinajstić information content (AvgIpc) is 2.64. The monoisotopic (exact) mass is 282 g/mol. The predicted molar refractivity (Wildman–Crippen MR) is 77.3 cm³/mol. The number of carbonyl (C=O) groups excluding carboxylic acids is 1. The number of hydrogen-bond donors (Lipinski definition) is 2. The van der Waals surface area contributed by atoms with Gasteiger partial charge in [-0.05, 0) is 25.3 Å². The molecule has 0 aromatic carbocycles. The highest BCUT2D eigenvalue weighted by Gasteiger charge is 2.20. The lowest BCUT2D eigenvalue weighted by atomic mass is 10.1. The zero-order valence-corrected chi connectivity index (χ0v) is 12.4. The van der Waals surface area contributed by atoms with Crippen molar-refractivity contribution in [1.82, 2.24) is 15.5 Å². The Bertz CT molecular complexity index is 411. The highest BCUT2D eigenvalue weighted by atomic mass is 32.1. The number of anilines is 1. The molecule has 2 N–H and O–H groups in total. The molecule has 0 aliphatic carbocycles. The first-order chi connectivity index (χ1) is 9.15. The summed E-state index contributed by atoms with van der Waals surface area (Å²) in [6.07, 6.45) is 5.29. The Labute approximate surface area is 118 Å². The Morgan fingerprint density at radius 1 is 1.42 bits per heavy atom. The molecule has 5 nitrogen and oxygen atoms in total. The molecule has 0 spiro atoms. The Morgan fingerprint density at radius 3 is 3.05 bits per heavy atom. The lowest BCUT2D eigenvalue weighted by Gasteiger charge is -2.13. The minimum Gasteiger partial charge on any atom is -0.306 e. The molecule has 2 rings (SSSR count). The molecule has 106 valence electrons. The van der Waals surface area contributed by atoms with Crippen molar-refractivity contribution in [2.75, 3.05) is 11.9 Å². The Hall–Kier alpha value is -1.01. The molecule has 0 saturated carbocycles. The quantitative estimate of drug-likeness (QED) is 0.888. The molecule has 1 aliphatic heterocycles. The van der Waals surface area contributed by atoms with Crippen LogP contribution < -0.4 is 10.6 Å². The van der Waals surface area contributed by atoms with Crippen molar-refractivity contribution >= 4 is 22.4 Å². The second-order valence-electron chi connectivity index (χ2n) is 5.44. The molecule has 1 aliphatic rings. The highest BCUT2D eigenvalue weighted by Crippen LogP contribution is 2.19. The van der Waals surface area contributed by atoms with Crippen molar-refractivity contribution < 1.29 is 4.79 Å². The van der Waals surface area contributed by atoms with Gasteiger partial charge in [0, 0.05) is 6.42 Å². The summed E-state index contributed by atoms with van der Waals surface area (Å²) in [6.45, 7) is 5.22. The standard InChI is InChI=1S/C13H22N4OS/c1-9(2)8-11-16-17-13(19-11)15-12(18)10-6-4-3-5-7-14-10/h9-10,14H,3-8H2,1-2H3,(H,15,17,18). The molecule has 1 aromatic rings. The summed E-state index contributed by atoms with van der Waals surface area (Å²) in [4.78, 5) is 12.1. The molecule has 1 fully saturated rings. The fourth-order valence-corrected chi connectivity index (χ4v) is 3.14. The minimum absolute atomic E-state index is 0.0224. The van der Waals surface area contributed by atoms with Crippen LogP contribution >= 0.6 is 11.3 Å². The van der Waals surface area contributed by atoms with Gasteiger partial charge in [-0.1, -0.05) is 38.0 Å². The Balaban J connectivity index is 1.88. The van der Waals surface area contributed by atoms with Gasteiger partial charge < -0.3 is 5.32 Å². The Kier molecular flexibility index (Phi) is 5.27. The number of aromatic nitrogens is 2. The lowest BCUT2D eigenvalue weighted by Crippen LogP contribution is -2.39. The third-order valence-corrected chi connectivity index (χ3v) is 4.02. The van der Waals surface area contributed by atoms with Crippen molar-refractivity contribution in [3.63, 3.8) is 0 Å². The fourth-order valence-electron chi connectivity index (χ4n) is 2.18. The van der Waals surface area contributed by atoms with Crippen molar-refractivity contribution in [1.29, 1.82) is 0 Å². The van der Waals surface area contributed by atoms with Gasteiger partial charge in [0.15, 0.2) is 0 Å². The molecule has 6 heteroatoms. The second-order valence-corrected chi connectivity index (χ2v) is 6.51. The largest absolute Gasteiger partial charge is 0.306 e. The summed E-state index contributed by atoms with van der Waals surface area (Å²) < 4.78 is 0. The van der Waals surface area contributed by atoms with E-state index in [-0.39, 0.29) is 11.9 Å². The Morgan fingerprint density at radius 2 is 2.26 bits per heavy atom. The maximum atomic E-state index is 12.1. The van der Waals surface area contributed by atoms with Crippen molar-refractivity contribution in [3.8, 4) is 0 Å². The molecule has 19 heavy (non-hydrogen) atoms. The first-order valence-corrected chi connectivity index (χ1v) is 7.83. The summed E-state index contributed by atoms with van der Waals surface area (Å²) in [5, 5.41) is 15.9. The van der Waals surface area contributed by atoms with Gasteiger partial charge in [0.05, 0.1) is 6.04 Å². The van der Waals surface area contributed by atoms with E-state index in [0.29, 0.717) is 11.0 Å². The van der Waals surface area contributed by atoms with Crippen molar-refractivity contribution in [2.45, 2.75) is 52.0 Å². The molecule has 1 unspecified atom stereocenters. The smallest absolute Gasteiger partial charge is 0.243 e. The fraction of sp³-hybridized carbons (Fsp3) is 0.769. The number of nitrogens with zero attached hydrogens (tertiary/aromatic N) is 2. The van der Waals surface area contributed by atoms with Gasteiger partial charge in [0.1, 0.15) is 5.01 Å². The molecular weight excluding hydrogens is 260 g/mol. The van der Waals surface area contributed by atoms with Gasteiger partial charge in [-0.25, -0.2) is 0 Å². The SMILES string of the molecule is CC(C)Cc1nnc(NC(=O)C2CCCCCN2)s1. The van der Waals surface area contributed by atoms with E-state index in [1.807, 2.05) is 0 Å². The van der Waals surface area contributed by atoms with Crippen LogP contribution in [-0.4, -0.2) is 28.7 Å². The van der Waals surface area contributed by atoms with Crippen LogP contribution in [0, 0.1) is 5.92 Å². The molecule has 2 heterocycles. The molecule has 0 radical (unpaired) electrons. The van der Waals surface area contributed by atoms with Crippen LogP contribution in [0.25, 0.3) is 0 Å². The van der Waals surface area contributed by atoms with Gasteiger partial charge >= 0.3 is 0 Å². The molecule has 1 saturated heterocycles. The van der Waals surface area contributed by atoms with E-state index in [2.05, 4.69) is 34.7 Å². The molecular formula is C13H22N4OS. The van der Waals surface area contributed by atoms with Gasteiger partial charge in [-0.2, -0.15) is 0 Å². The van der Waals surface area contributed by atoms with Gasteiger partial charge in [0.25, 0.3) is 0 Å². The number of nitrogens with one attached hydrogen (secondary N) is 2. The molecule has 1 atom stereocenters. The summed E-state index contributed by atoms with van der Waals surface area (Å²) in [7, 11) is 0. The van der Waals surface area contributed by atoms with Crippen LogP contribution in [0.15, 0.2) is 0 Å². The number of amides is 1. The van der Waals surface area contributed by atoms with Crippen LogP contribution in [0.5, 0.6) is 0 Å². The number of carbonyl (C=O) groups is 1. The molecule has 1 aromatic heterocycles. The average molecular weight is 282 g/mol. The summed E-state index contributed by atoms with van der Waals surface area (Å²) in [6, 6.07) is -0.0834. The topological polar surface area (TPSA) is 66.9 Å². The van der Waals surface area contributed by atoms with E-state index in [1.165, 1.54) is 17.8 Å². The van der Waals surface area contributed by atoms with Crippen LogP contribution in [-0.2, 0) is 11.2 Å². The van der Waals surface area contributed by atoms with E-state index in [1.54, 1.807) is 0 Å². The van der Waals surface area contributed by atoms with Crippen LogP contribution in [0.2, 0.25) is 0 Å². The molecule has 1 amide bonds. The summed E-state index contributed by atoms with van der Waals surface area (Å²) >= 11 is 1.48. The first kappa shape index (κ1) is 14.4. The van der Waals surface area contributed by atoms with Crippen molar-refractivity contribution in [2.24, 2.45) is 5.92 Å². The van der Waals surface area contributed by atoms with Gasteiger partial charge in [-0.15, -0.1) is 10.2 Å². The maximum Gasteiger partial charge on any atom is 0.243 e. The van der Waals surface area contributed by atoms with E-state index in [0.717, 1.165) is 37.2 Å².